The molecule has 0 aromatic heterocycles. The quantitative estimate of drug-likeness (QED) is 0.720. The van der Waals surface area contributed by atoms with Crippen LogP contribution in [0.1, 0.15) is 30.0 Å². The molecule has 0 radical (unpaired) electrons. The molecular formula is C11H14FNO. The lowest BCUT2D eigenvalue weighted by Gasteiger charge is -2.13. The van der Waals surface area contributed by atoms with Gasteiger partial charge in [-0.2, -0.15) is 0 Å². The topological polar surface area (TPSA) is 32.3 Å². The van der Waals surface area contributed by atoms with E-state index in [0.717, 1.165) is 19.4 Å². The van der Waals surface area contributed by atoms with E-state index in [1.54, 1.807) is 6.92 Å². The van der Waals surface area contributed by atoms with Gasteiger partial charge < -0.3 is 10.4 Å². The molecule has 1 aliphatic rings. The number of halogens is 1. The fraction of sp³-hybridized carbons (Fsp3) is 0.455. The van der Waals surface area contributed by atoms with Crippen LogP contribution in [-0.4, -0.2) is 11.7 Å². The highest BCUT2D eigenvalue weighted by atomic mass is 19.1. The third-order valence-corrected chi connectivity index (χ3v) is 2.74. The average molecular weight is 195 g/mol. The highest BCUT2D eigenvalue weighted by molar-refractivity contribution is 5.39. The Balaban J connectivity index is 2.37. The maximum absolute atomic E-state index is 13.3. The molecule has 1 saturated heterocycles. The van der Waals surface area contributed by atoms with Crippen molar-refractivity contribution in [3.8, 4) is 5.75 Å². The molecule has 0 unspecified atom stereocenters. The Labute approximate surface area is 82.8 Å². The van der Waals surface area contributed by atoms with E-state index in [4.69, 9.17) is 0 Å². The average Bonchev–Trinajstić information content (AvgIpc) is 2.64. The van der Waals surface area contributed by atoms with Gasteiger partial charge in [0.15, 0.2) is 0 Å². The Bertz CT molecular complexity index is 345. The summed E-state index contributed by atoms with van der Waals surface area (Å²) < 4.78 is 13.3. The summed E-state index contributed by atoms with van der Waals surface area (Å²) >= 11 is 0. The van der Waals surface area contributed by atoms with Crippen molar-refractivity contribution in [2.45, 2.75) is 25.8 Å². The minimum Gasteiger partial charge on any atom is -0.508 e. The molecule has 1 atom stereocenters. The van der Waals surface area contributed by atoms with Crippen molar-refractivity contribution >= 4 is 0 Å². The molecule has 3 heteroatoms. The van der Waals surface area contributed by atoms with E-state index in [-0.39, 0.29) is 17.6 Å². The van der Waals surface area contributed by atoms with Crippen LogP contribution in [0, 0.1) is 12.7 Å². The first-order chi connectivity index (χ1) is 6.68. The first-order valence-electron chi connectivity index (χ1n) is 4.91. The monoisotopic (exact) mass is 195 g/mol. The normalized spacial score (nSPS) is 21.4. The lowest BCUT2D eigenvalue weighted by atomic mass is 10.0. The predicted molar refractivity (Wildman–Crippen MR) is 52.8 cm³/mol. The van der Waals surface area contributed by atoms with Crippen molar-refractivity contribution in [1.82, 2.24) is 5.32 Å². The van der Waals surface area contributed by atoms with Gasteiger partial charge in [0, 0.05) is 11.6 Å². The highest BCUT2D eigenvalue weighted by Crippen LogP contribution is 2.31. The highest BCUT2D eigenvalue weighted by Gasteiger charge is 2.20. The van der Waals surface area contributed by atoms with Gasteiger partial charge >= 0.3 is 0 Å². The molecule has 0 aliphatic carbocycles. The molecule has 0 amide bonds. The maximum atomic E-state index is 13.3. The van der Waals surface area contributed by atoms with Gasteiger partial charge in [-0.1, -0.05) is 0 Å². The van der Waals surface area contributed by atoms with Gasteiger partial charge in [-0.05, 0) is 44.0 Å². The van der Waals surface area contributed by atoms with Gasteiger partial charge in [-0.25, -0.2) is 4.39 Å². The Morgan fingerprint density at radius 2 is 2.29 bits per heavy atom. The van der Waals surface area contributed by atoms with Gasteiger partial charge in [0.2, 0.25) is 0 Å². The molecule has 0 bridgehead atoms. The van der Waals surface area contributed by atoms with Crippen LogP contribution in [-0.2, 0) is 0 Å². The van der Waals surface area contributed by atoms with Crippen LogP contribution >= 0.6 is 0 Å². The summed E-state index contributed by atoms with van der Waals surface area (Å²) in [6, 6.07) is 3.04. The third kappa shape index (κ3) is 1.60. The molecule has 1 aromatic carbocycles. The second-order valence-corrected chi connectivity index (χ2v) is 3.81. The molecule has 1 heterocycles. The van der Waals surface area contributed by atoms with Crippen molar-refractivity contribution in [1.29, 1.82) is 0 Å². The summed E-state index contributed by atoms with van der Waals surface area (Å²) in [4.78, 5) is 0. The number of nitrogens with one attached hydrogen (secondary N) is 1. The van der Waals surface area contributed by atoms with Gasteiger partial charge in [-0.3, -0.25) is 0 Å². The molecule has 76 valence electrons. The molecule has 1 aromatic rings. The molecule has 2 N–H and O–H groups in total. The van der Waals surface area contributed by atoms with Crippen molar-refractivity contribution in [3.63, 3.8) is 0 Å². The summed E-state index contributed by atoms with van der Waals surface area (Å²) in [6.45, 7) is 2.60. The Morgan fingerprint density at radius 3 is 2.93 bits per heavy atom. The van der Waals surface area contributed by atoms with Crippen LogP contribution in [0.5, 0.6) is 5.75 Å². The summed E-state index contributed by atoms with van der Waals surface area (Å²) in [5.41, 5.74) is 1.18. The van der Waals surface area contributed by atoms with Crippen molar-refractivity contribution in [2.75, 3.05) is 6.54 Å². The molecule has 14 heavy (non-hydrogen) atoms. The minimum absolute atomic E-state index is 0.116. The summed E-state index contributed by atoms with van der Waals surface area (Å²) in [6.07, 6.45) is 2.05. The van der Waals surface area contributed by atoms with Crippen LogP contribution in [0.3, 0.4) is 0 Å². The molecule has 0 saturated carbocycles. The zero-order valence-corrected chi connectivity index (χ0v) is 8.18. The number of benzene rings is 1. The zero-order valence-electron chi connectivity index (χ0n) is 8.18. The van der Waals surface area contributed by atoms with Crippen LogP contribution < -0.4 is 5.32 Å². The predicted octanol–water partition coefficient (Wildman–Crippen LogP) is 2.26. The van der Waals surface area contributed by atoms with E-state index in [2.05, 4.69) is 5.32 Å². The Kier molecular flexibility index (Phi) is 2.42. The first-order valence-corrected chi connectivity index (χ1v) is 4.91. The van der Waals surface area contributed by atoms with Crippen LogP contribution in [0.4, 0.5) is 4.39 Å². The summed E-state index contributed by atoms with van der Waals surface area (Å²) in [7, 11) is 0. The number of phenols is 1. The summed E-state index contributed by atoms with van der Waals surface area (Å²) in [5, 5.41) is 12.9. The van der Waals surface area contributed by atoms with E-state index in [1.165, 1.54) is 12.1 Å². The minimum atomic E-state index is -0.244. The van der Waals surface area contributed by atoms with E-state index in [9.17, 15) is 9.50 Å². The van der Waals surface area contributed by atoms with Gasteiger partial charge in [0.05, 0.1) is 0 Å². The summed E-state index contributed by atoms with van der Waals surface area (Å²) in [5.74, 6) is -0.0465. The largest absolute Gasteiger partial charge is 0.508 e. The molecule has 2 nitrogen and oxygen atoms in total. The SMILES string of the molecule is Cc1cc(O)c([C@H]2CCCN2)cc1F. The van der Waals surface area contributed by atoms with E-state index in [0.29, 0.717) is 11.1 Å². The Morgan fingerprint density at radius 1 is 1.50 bits per heavy atom. The van der Waals surface area contributed by atoms with Crippen molar-refractivity contribution in [3.05, 3.63) is 29.1 Å². The smallest absolute Gasteiger partial charge is 0.126 e. The van der Waals surface area contributed by atoms with E-state index in [1.807, 2.05) is 0 Å². The number of rotatable bonds is 1. The molecule has 1 aliphatic heterocycles. The molecule has 1 fully saturated rings. The maximum Gasteiger partial charge on any atom is 0.126 e. The standard InChI is InChI=1S/C11H14FNO/c1-7-5-11(14)8(6-9(7)12)10-3-2-4-13-10/h5-6,10,13-14H,2-4H2,1H3/t10-/m1/s1. The second kappa shape index (κ2) is 3.58. The molecule has 2 rings (SSSR count). The van der Waals surface area contributed by atoms with Crippen molar-refractivity contribution < 1.29 is 9.50 Å². The number of phenolic OH excluding ortho intramolecular Hbond substituents is 1. The third-order valence-electron chi connectivity index (χ3n) is 2.74. The number of aryl methyl sites for hydroxylation is 1. The van der Waals surface area contributed by atoms with Gasteiger partial charge in [-0.15, -0.1) is 0 Å². The van der Waals surface area contributed by atoms with E-state index >= 15 is 0 Å². The second-order valence-electron chi connectivity index (χ2n) is 3.81. The van der Waals surface area contributed by atoms with Crippen LogP contribution in [0.15, 0.2) is 12.1 Å². The number of hydrogen-bond acceptors (Lipinski definition) is 2. The lowest BCUT2D eigenvalue weighted by Crippen LogP contribution is -2.13. The number of aromatic hydroxyl groups is 1. The fourth-order valence-corrected chi connectivity index (χ4v) is 1.91. The number of hydrogen-bond donors (Lipinski definition) is 2. The lowest BCUT2D eigenvalue weighted by molar-refractivity contribution is 0.452. The fourth-order valence-electron chi connectivity index (χ4n) is 1.91. The van der Waals surface area contributed by atoms with Crippen molar-refractivity contribution in [2.24, 2.45) is 0 Å². The van der Waals surface area contributed by atoms with E-state index < -0.39 is 0 Å². The molecule has 0 spiro atoms. The van der Waals surface area contributed by atoms with Crippen LogP contribution in [0.25, 0.3) is 0 Å². The van der Waals surface area contributed by atoms with Gasteiger partial charge in [0.1, 0.15) is 11.6 Å². The van der Waals surface area contributed by atoms with Gasteiger partial charge in [0.25, 0.3) is 0 Å². The van der Waals surface area contributed by atoms with Crippen LogP contribution in [0.2, 0.25) is 0 Å². The Hall–Kier alpha value is -1.09. The first kappa shape index (κ1) is 9.46. The zero-order chi connectivity index (χ0) is 10.1. The molecular weight excluding hydrogens is 181 g/mol.